The van der Waals surface area contributed by atoms with Crippen LogP contribution in [0.25, 0.3) is 11.0 Å². The third kappa shape index (κ3) is 2.68. The first kappa shape index (κ1) is 12.2. The number of benzene rings is 1. The minimum absolute atomic E-state index is 0.0257. The minimum Gasteiger partial charge on any atom is -0.472 e. The molecule has 1 aromatic heterocycles. The maximum absolute atomic E-state index is 11.6. The molecule has 1 atom stereocenters. The molecule has 0 spiro atoms. The van der Waals surface area contributed by atoms with E-state index in [0.29, 0.717) is 5.58 Å². The summed E-state index contributed by atoms with van der Waals surface area (Å²) in [6, 6.07) is 9.10. The van der Waals surface area contributed by atoms with Crippen molar-refractivity contribution in [3.63, 3.8) is 0 Å². The molecule has 0 radical (unpaired) electrons. The summed E-state index contributed by atoms with van der Waals surface area (Å²) in [6.07, 6.45) is 0. The van der Waals surface area contributed by atoms with Crippen molar-refractivity contribution in [2.24, 2.45) is 0 Å². The molecular formula is C11H8I2O3. The van der Waals surface area contributed by atoms with Gasteiger partial charge in [0.15, 0.2) is 4.11 Å². The number of ether oxygens (including phenoxy) is 1. The van der Waals surface area contributed by atoms with E-state index in [2.05, 4.69) is 45.2 Å². The van der Waals surface area contributed by atoms with Gasteiger partial charge in [0.1, 0.15) is 5.58 Å². The van der Waals surface area contributed by atoms with Crippen molar-refractivity contribution >= 4 is 56.2 Å². The lowest BCUT2D eigenvalue weighted by Gasteiger charge is -2.09. The van der Waals surface area contributed by atoms with Crippen molar-refractivity contribution in [3.8, 4) is 5.75 Å². The molecule has 0 bridgehead atoms. The van der Waals surface area contributed by atoms with Crippen LogP contribution in [0.5, 0.6) is 5.75 Å². The molecule has 0 saturated heterocycles. The van der Waals surface area contributed by atoms with Gasteiger partial charge in [-0.15, -0.1) is 0 Å². The van der Waals surface area contributed by atoms with Crippen LogP contribution in [0.3, 0.4) is 0 Å². The first-order chi connectivity index (χ1) is 7.70. The van der Waals surface area contributed by atoms with Gasteiger partial charge in [-0.25, -0.2) is 4.79 Å². The highest BCUT2D eigenvalue weighted by molar-refractivity contribution is 14.1. The fraction of sp³-hybridized carbons (Fsp3) is 0.182. The van der Waals surface area contributed by atoms with Crippen LogP contribution >= 0.6 is 45.2 Å². The van der Waals surface area contributed by atoms with Crippen molar-refractivity contribution in [2.75, 3.05) is 4.43 Å². The van der Waals surface area contributed by atoms with Crippen molar-refractivity contribution < 1.29 is 9.15 Å². The summed E-state index contributed by atoms with van der Waals surface area (Å²) < 4.78 is 11.4. The van der Waals surface area contributed by atoms with Gasteiger partial charge in [-0.1, -0.05) is 40.8 Å². The van der Waals surface area contributed by atoms with E-state index in [4.69, 9.17) is 9.15 Å². The summed E-state index contributed by atoms with van der Waals surface area (Å²) >= 11 is 4.34. The molecule has 1 aromatic carbocycles. The normalized spacial score (nSPS) is 12.6. The number of para-hydroxylation sites is 1. The molecule has 0 aliphatic carbocycles. The highest BCUT2D eigenvalue weighted by Gasteiger charge is 2.10. The Bertz CT molecular complexity index is 550. The zero-order chi connectivity index (χ0) is 11.5. The monoisotopic (exact) mass is 442 g/mol. The van der Waals surface area contributed by atoms with E-state index < -0.39 is 5.63 Å². The number of alkyl halides is 2. The third-order valence-electron chi connectivity index (χ3n) is 1.99. The van der Waals surface area contributed by atoms with Gasteiger partial charge in [-0.2, -0.15) is 0 Å². The molecule has 1 unspecified atom stereocenters. The Morgan fingerprint density at radius 1 is 1.38 bits per heavy atom. The van der Waals surface area contributed by atoms with E-state index in [-0.39, 0.29) is 9.86 Å². The molecule has 16 heavy (non-hydrogen) atoms. The van der Waals surface area contributed by atoms with Crippen LogP contribution in [0.15, 0.2) is 39.5 Å². The van der Waals surface area contributed by atoms with Crippen LogP contribution in [0.2, 0.25) is 0 Å². The van der Waals surface area contributed by atoms with Crippen LogP contribution in [0.1, 0.15) is 0 Å². The van der Waals surface area contributed by atoms with Gasteiger partial charge in [0.25, 0.3) is 0 Å². The molecule has 84 valence electrons. The highest BCUT2D eigenvalue weighted by atomic mass is 127. The fourth-order valence-corrected chi connectivity index (χ4v) is 1.75. The van der Waals surface area contributed by atoms with Crippen LogP contribution in [-0.4, -0.2) is 8.54 Å². The van der Waals surface area contributed by atoms with Crippen LogP contribution < -0.4 is 10.4 Å². The summed E-state index contributed by atoms with van der Waals surface area (Å²) in [5.74, 6) is 0.273. The van der Waals surface area contributed by atoms with E-state index in [9.17, 15) is 4.79 Å². The van der Waals surface area contributed by atoms with Crippen molar-refractivity contribution in [3.05, 3.63) is 40.8 Å². The lowest BCUT2D eigenvalue weighted by atomic mass is 10.2. The van der Waals surface area contributed by atoms with Crippen molar-refractivity contribution in [1.29, 1.82) is 0 Å². The number of fused-ring (bicyclic) bond motifs is 1. The van der Waals surface area contributed by atoms with Gasteiger partial charge in [0, 0.05) is 9.81 Å². The molecule has 2 rings (SSSR count). The molecule has 0 aliphatic rings. The van der Waals surface area contributed by atoms with Gasteiger partial charge >= 0.3 is 5.63 Å². The predicted molar refractivity (Wildman–Crippen MR) is 79.8 cm³/mol. The largest absolute Gasteiger partial charge is 0.472 e. The van der Waals surface area contributed by atoms with Crippen LogP contribution in [0.4, 0.5) is 0 Å². The first-order valence-electron chi connectivity index (χ1n) is 4.60. The SMILES string of the molecule is O=c1oc2ccccc2cc1OC(I)CI. The first-order valence-corrected chi connectivity index (χ1v) is 7.37. The van der Waals surface area contributed by atoms with Crippen molar-refractivity contribution in [2.45, 2.75) is 4.11 Å². The van der Waals surface area contributed by atoms with E-state index in [0.717, 1.165) is 9.81 Å². The lowest BCUT2D eigenvalue weighted by Crippen LogP contribution is -2.14. The van der Waals surface area contributed by atoms with Gasteiger partial charge in [-0.3, -0.25) is 0 Å². The number of rotatable bonds is 3. The second-order valence-electron chi connectivity index (χ2n) is 3.12. The van der Waals surface area contributed by atoms with Gasteiger partial charge < -0.3 is 9.15 Å². The van der Waals surface area contributed by atoms with Crippen LogP contribution in [-0.2, 0) is 0 Å². The Morgan fingerprint density at radius 3 is 2.88 bits per heavy atom. The smallest absolute Gasteiger partial charge is 0.379 e. The molecule has 0 amide bonds. The van der Waals surface area contributed by atoms with Gasteiger partial charge in [0.05, 0.1) is 0 Å². The topological polar surface area (TPSA) is 39.4 Å². The molecule has 5 heteroatoms. The van der Waals surface area contributed by atoms with E-state index in [1.807, 2.05) is 18.2 Å². The third-order valence-corrected chi connectivity index (χ3v) is 5.17. The van der Waals surface area contributed by atoms with E-state index in [1.54, 1.807) is 12.1 Å². The standard InChI is InChI=1S/C11H8I2O3/c12-6-10(13)15-9-5-7-3-1-2-4-8(7)16-11(9)14/h1-5,10H,6H2. The Morgan fingerprint density at radius 2 is 2.12 bits per heavy atom. The molecule has 0 aliphatic heterocycles. The summed E-state index contributed by atoms with van der Waals surface area (Å²) in [5.41, 5.74) is 0.157. The molecule has 2 aromatic rings. The summed E-state index contributed by atoms with van der Waals surface area (Å²) in [5, 5.41) is 0.870. The van der Waals surface area contributed by atoms with E-state index >= 15 is 0 Å². The maximum Gasteiger partial charge on any atom is 0.379 e. The summed E-state index contributed by atoms with van der Waals surface area (Å²) in [4.78, 5) is 11.6. The van der Waals surface area contributed by atoms with Gasteiger partial charge in [-0.05, 0) is 34.7 Å². The Labute approximate surface area is 119 Å². The summed E-state index contributed by atoms with van der Waals surface area (Å²) in [7, 11) is 0. The second kappa shape index (κ2) is 5.35. The fourth-order valence-electron chi connectivity index (χ4n) is 1.29. The summed E-state index contributed by atoms with van der Waals surface area (Å²) in [6.45, 7) is 0. The maximum atomic E-state index is 11.6. The number of halogens is 2. The highest BCUT2D eigenvalue weighted by Crippen LogP contribution is 2.19. The van der Waals surface area contributed by atoms with Crippen molar-refractivity contribution in [1.82, 2.24) is 0 Å². The Hall–Kier alpha value is -0.310. The zero-order valence-electron chi connectivity index (χ0n) is 8.15. The molecule has 0 fully saturated rings. The minimum atomic E-state index is -0.426. The molecular weight excluding hydrogens is 434 g/mol. The average molecular weight is 442 g/mol. The van der Waals surface area contributed by atoms with Gasteiger partial charge in [0.2, 0.25) is 5.75 Å². The second-order valence-corrected chi connectivity index (χ2v) is 5.39. The number of hydrogen-bond acceptors (Lipinski definition) is 3. The molecule has 1 heterocycles. The van der Waals surface area contributed by atoms with E-state index in [1.165, 1.54) is 0 Å². The molecule has 0 saturated carbocycles. The molecule has 3 nitrogen and oxygen atoms in total. The number of hydrogen-bond donors (Lipinski definition) is 0. The van der Waals surface area contributed by atoms with Crippen LogP contribution in [0, 0.1) is 0 Å². The quantitative estimate of drug-likeness (QED) is 0.416. The average Bonchev–Trinajstić information content (AvgIpc) is 2.30. The lowest BCUT2D eigenvalue weighted by molar-refractivity contribution is 0.312. The predicted octanol–water partition coefficient (Wildman–Crippen LogP) is 3.37. The molecule has 0 N–H and O–H groups in total. The Balaban J connectivity index is 2.46. The zero-order valence-corrected chi connectivity index (χ0v) is 12.5. The Kier molecular flexibility index (Phi) is 4.06.